The molecule has 0 radical (unpaired) electrons. The molecule has 5 nitrogen and oxygen atoms in total. The number of pyridine rings is 1. The van der Waals surface area contributed by atoms with E-state index >= 15 is 0 Å². The van der Waals surface area contributed by atoms with Gasteiger partial charge >= 0.3 is 0 Å². The van der Waals surface area contributed by atoms with E-state index in [1.807, 2.05) is 0 Å². The fraction of sp³-hybridized carbons (Fsp3) is 0.519. The van der Waals surface area contributed by atoms with E-state index in [0.717, 1.165) is 45.0 Å². The van der Waals surface area contributed by atoms with Crippen LogP contribution in [0.4, 0.5) is 0 Å². The van der Waals surface area contributed by atoms with E-state index in [2.05, 4.69) is 97.9 Å². The summed E-state index contributed by atoms with van der Waals surface area (Å²) >= 11 is 0. The number of nitrogens with zero attached hydrogens (tertiary/aromatic N) is 4. The number of imidazole rings is 1. The summed E-state index contributed by atoms with van der Waals surface area (Å²) < 4.78 is 8.63. The standard InChI is InChI=1S/C27H34N4O/c1-24(2,3)20-12-11-15-21(29-20)30-23(25(4,5)6)31-18-14-19-16(13-17(18)28-22(15)31)26(7,8)27(9,10)32-19/h11-14H,1-10H3. The van der Waals surface area contributed by atoms with Crippen molar-refractivity contribution in [2.75, 3.05) is 0 Å². The maximum atomic E-state index is 6.43. The monoisotopic (exact) mass is 430 g/mol. The van der Waals surface area contributed by atoms with Crippen molar-refractivity contribution in [2.45, 2.75) is 91.1 Å². The molecule has 0 unspecified atom stereocenters. The van der Waals surface area contributed by atoms with Gasteiger partial charge in [-0.3, -0.25) is 4.40 Å². The lowest BCUT2D eigenvalue weighted by atomic mass is 9.74. The summed E-state index contributed by atoms with van der Waals surface area (Å²) in [5.41, 5.74) is 5.31. The molecular formula is C27H34N4O. The van der Waals surface area contributed by atoms with E-state index in [1.54, 1.807) is 0 Å². The minimum absolute atomic E-state index is 0.0411. The molecule has 1 aliphatic rings. The summed E-state index contributed by atoms with van der Waals surface area (Å²) in [7, 11) is 0. The summed E-state index contributed by atoms with van der Waals surface area (Å²) in [5.74, 6) is 1.90. The number of hydrogen-bond donors (Lipinski definition) is 0. The SMILES string of the molecule is CC(C)(C)c1ccc2c(n1)nc(C(C)(C)C)n1c3cc4c(cc3nc21)C(C)(C)C(C)(C)O4. The molecule has 168 valence electrons. The van der Waals surface area contributed by atoms with Gasteiger partial charge in [0.1, 0.15) is 17.2 Å². The second kappa shape index (κ2) is 6.00. The van der Waals surface area contributed by atoms with Gasteiger partial charge in [0.15, 0.2) is 11.3 Å². The highest BCUT2D eigenvalue weighted by molar-refractivity contribution is 5.96. The van der Waals surface area contributed by atoms with Gasteiger partial charge in [-0.25, -0.2) is 15.0 Å². The zero-order valence-corrected chi connectivity index (χ0v) is 21.0. The number of benzene rings is 1. The number of ether oxygens (including phenoxy) is 1. The lowest BCUT2D eigenvalue weighted by molar-refractivity contribution is 0.0713. The molecule has 0 saturated carbocycles. The third kappa shape index (κ3) is 2.79. The molecule has 0 bridgehead atoms. The van der Waals surface area contributed by atoms with E-state index < -0.39 is 0 Å². The summed E-state index contributed by atoms with van der Waals surface area (Å²) in [6.07, 6.45) is 0. The van der Waals surface area contributed by atoms with E-state index in [1.165, 1.54) is 5.56 Å². The van der Waals surface area contributed by atoms with Crippen LogP contribution in [-0.4, -0.2) is 25.0 Å². The fourth-order valence-corrected chi connectivity index (χ4v) is 4.58. The van der Waals surface area contributed by atoms with Gasteiger partial charge in [-0.05, 0) is 32.0 Å². The van der Waals surface area contributed by atoms with Gasteiger partial charge in [0, 0.05) is 33.6 Å². The van der Waals surface area contributed by atoms with E-state index in [0.29, 0.717) is 0 Å². The van der Waals surface area contributed by atoms with Gasteiger partial charge < -0.3 is 4.74 Å². The molecule has 4 heterocycles. The van der Waals surface area contributed by atoms with E-state index in [4.69, 9.17) is 19.7 Å². The van der Waals surface area contributed by atoms with Gasteiger partial charge in [0.25, 0.3) is 0 Å². The lowest BCUT2D eigenvalue weighted by Crippen LogP contribution is -2.41. The molecule has 5 rings (SSSR count). The zero-order chi connectivity index (χ0) is 23.4. The highest BCUT2D eigenvalue weighted by atomic mass is 16.5. The Bertz CT molecular complexity index is 1410. The first kappa shape index (κ1) is 21.2. The van der Waals surface area contributed by atoms with Crippen LogP contribution in [0.2, 0.25) is 0 Å². The van der Waals surface area contributed by atoms with Crippen LogP contribution in [-0.2, 0) is 16.2 Å². The van der Waals surface area contributed by atoms with Crippen LogP contribution in [0.3, 0.4) is 0 Å². The molecule has 0 spiro atoms. The van der Waals surface area contributed by atoms with Crippen LogP contribution in [0.15, 0.2) is 24.3 Å². The average molecular weight is 431 g/mol. The Balaban J connectivity index is 1.91. The van der Waals surface area contributed by atoms with Crippen molar-refractivity contribution in [1.29, 1.82) is 0 Å². The second-order valence-corrected chi connectivity index (χ2v) is 12.3. The number of hydrogen-bond acceptors (Lipinski definition) is 4. The second-order valence-electron chi connectivity index (χ2n) is 12.3. The quantitative estimate of drug-likeness (QED) is 0.321. The van der Waals surface area contributed by atoms with Crippen LogP contribution in [0.1, 0.15) is 86.3 Å². The summed E-state index contributed by atoms with van der Waals surface area (Å²) in [4.78, 5) is 15.2. The van der Waals surface area contributed by atoms with Crippen molar-refractivity contribution >= 4 is 27.7 Å². The van der Waals surface area contributed by atoms with Crippen LogP contribution >= 0.6 is 0 Å². The Morgan fingerprint density at radius 2 is 1.53 bits per heavy atom. The maximum Gasteiger partial charge on any atom is 0.165 e. The first-order valence-electron chi connectivity index (χ1n) is 11.5. The highest BCUT2D eigenvalue weighted by Gasteiger charge is 2.48. The molecule has 5 heteroatoms. The van der Waals surface area contributed by atoms with Gasteiger partial charge in [0.05, 0.1) is 16.4 Å². The van der Waals surface area contributed by atoms with Gasteiger partial charge in [-0.1, -0.05) is 55.4 Å². The average Bonchev–Trinajstić information content (AvgIpc) is 3.10. The molecule has 0 aliphatic carbocycles. The predicted molar refractivity (Wildman–Crippen MR) is 131 cm³/mol. The molecular weight excluding hydrogens is 396 g/mol. The number of fused-ring (bicyclic) bond motifs is 6. The van der Waals surface area contributed by atoms with Crippen LogP contribution in [0.5, 0.6) is 5.75 Å². The minimum atomic E-state index is -0.278. The Labute approximate surface area is 190 Å². The van der Waals surface area contributed by atoms with Gasteiger partial charge in [0.2, 0.25) is 0 Å². The summed E-state index contributed by atoms with van der Waals surface area (Å²) in [6, 6.07) is 8.60. The lowest BCUT2D eigenvalue weighted by Gasteiger charge is -2.33. The van der Waals surface area contributed by atoms with Gasteiger partial charge in [-0.2, -0.15) is 0 Å². The molecule has 0 saturated heterocycles. The van der Waals surface area contributed by atoms with E-state index in [-0.39, 0.29) is 21.8 Å². The Morgan fingerprint density at radius 3 is 2.16 bits per heavy atom. The van der Waals surface area contributed by atoms with Crippen molar-refractivity contribution in [2.24, 2.45) is 0 Å². The molecule has 0 atom stereocenters. The van der Waals surface area contributed by atoms with Crippen molar-refractivity contribution in [1.82, 2.24) is 19.4 Å². The summed E-state index contributed by atoms with van der Waals surface area (Å²) in [6.45, 7) is 21.9. The first-order chi connectivity index (χ1) is 14.6. The fourth-order valence-electron chi connectivity index (χ4n) is 4.58. The Morgan fingerprint density at radius 1 is 0.844 bits per heavy atom. The molecule has 1 aromatic carbocycles. The van der Waals surface area contributed by atoms with E-state index in [9.17, 15) is 0 Å². The maximum absolute atomic E-state index is 6.43. The largest absolute Gasteiger partial charge is 0.487 e. The van der Waals surface area contributed by atoms with Crippen molar-refractivity contribution < 1.29 is 4.74 Å². The molecule has 0 N–H and O–H groups in total. The summed E-state index contributed by atoms with van der Waals surface area (Å²) in [5, 5.41) is 0.975. The number of aromatic nitrogens is 4. The Hall–Kier alpha value is -2.69. The molecule has 0 amide bonds. The third-order valence-corrected chi connectivity index (χ3v) is 7.28. The molecule has 0 fully saturated rings. The predicted octanol–water partition coefficient (Wildman–Crippen LogP) is 6.47. The normalized spacial score (nSPS) is 17.8. The van der Waals surface area contributed by atoms with Crippen LogP contribution in [0, 0.1) is 0 Å². The zero-order valence-electron chi connectivity index (χ0n) is 21.0. The smallest absolute Gasteiger partial charge is 0.165 e. The molecule has 4 aromatic rings. The molecule has 32 heavy (non-hydrogen) atoms. The van der Waals surface area contributed by atoms with Crippen molar-refractivity contribution in [3.63, 3.8) is 0 Å². The third-order valence-electron chi connectivity index (χ3n) is 7.28. The first-order valence-corrected chi connectivity index (χ1v) is 11.5. The topological polar surface area (TPSA) is 52.3 Å². The van der Waals surface area contributed by atoms with Crippen molar-refractivity contribution in [3.8, 4) is 5.75 Å². The minimum Gasteiger partial charge on any atom is -0.487 e. The van der Waals surface area contributed by atoms with Gasteiger partial charge in [-0.15, -0.1) is 0 Å². The Kier molecular flexibility index (Phi) is 3.97. The highest BCUT2D eigenvalue weighted by Crippen LogP contribution is 2.50. The number of rotatable bonds is 0. The molecule has 3 aromatic heterocycles. The van der Waals surface area contributed by atoms with Crippen LogP contribution < -0.4 is 4.74 Å². The van der Waals surface area contributed by atoms with Crippen LogP contribution in [0.25, 0.3) is 27.7 Å². The molecule has 1 aliphatic heterocycles. The van der Waals surface area contributed by atoms with Crippen molar-refractivity contribution in [3.05, 3.63) is 41.3 Å².